The van der Waals surface area contributed by atoms with Crippen LogP contribution in [0.5, 0.6) is 0 Å². The fourth-order valence-corrected chi connectivity index (χ4v) is 2.26. The predicted octanol–water partition coefficient (Wildman–Crippen LogP) is 1.78. The third-order valence-electron chi connectivity index (χ3n) is 2.97. The molecule has 1 atom stereocenters. The van der Waals surface area contributed by atoms with Crippen molar-refractivity contribution < 1.29 is 4.52 Å². The second-order valence-electron chi connectivity index (χ2n) is 4.35. The van der Waals surface area contributed by atoms with Crippen molar-refractivity contribution in [1.82, 2.24) is 15.1 Å². The van der Waals surface area contributed by atoms with Crippen LogP contribution in [0.1, 0.15) is 25.7 Å². The molecule has 3 rings (SSSR count). The number of aromatic nitrogens is 3. The summed E-state index contributed by atoms with van der Waals surface area (Å²) in [7, 11) is 0. The molecular formula is C10H12N4OS. The molecule has 1 fully saturated rings. The third kappa shape index (κ3) is 1.54. The van der Waals surface area contributed by atoms with E-state index in [1.807, 2.05) is 12.3 Å². The van der Waals surface area contributed by atoms with Crippen LogP contribution in [-0.4, -0.2) is 15.1 Å². The first kappa shape index (κ1) is 9.92. The van der Waals surface area contributed by atoms with Crippen LogP contribution in [0.3, 0.4) is 0 Å². The van der Waals surface area contributed by atoms with E-state index in [4.69, 9.17) is 10.3 Å². The van der Waals surface area contributed by atoms with Gasteiger partial charge in [0.1, 0.15) is 5.69 Å². The molecule has 0 radical (unpaired) electrons. The molecule has 6 heteroatoms. The molecule has 84 valence electrons. The molecule has 5 nitrogen and oxygen atoms in total. The molecule has 2 heterocycles. The molecule has 0 amide bonds. The molecular weight excluding hydrogens is 224 g/mol. The smallest absolute Gasteiger partial charge is 0.247 e. The predicted molar refractivity (Wildman–Crippen MR) is 59.7 cm³/mol. The minimum atomic E-state index is -0.499. The first-order valence-corrected chi connectivity index (χ1v) is 6.14. The highest BCUT2D eigenvalue weighted by Gasteiger charge is 2.43. The number of nitrogens with two attached hydrogens (primary N) is 1. The summed E-state index contributed by atoms with van der Waals surface area (Å²) in [6, 6.07) is 0. The van der Waals surface area contributed by atoms with Gasteiger partial charge in [0, 0.05) is 5.38 Å². The summed E-state index contributed by atoms with van der Waals surface area (Å²) < 4.78 is 5.23. The minimum absolute atomic E-state index is 0.469. The van der Waals surface area contributed by atoms with Crippen molar-refractivity contribution in [3.8, 4) is 11.5 Å². The van der Waals surface area contributed by atoms with Gasteiger partial charge in [0.05, 0.1) is 11.0 Å². The van der Waals surface area contributed by atoms with Gasteiger partial charge < -0.3 is 10.3 Å². The van der Waals surface area contributed by atoms with Gasteiger partial charge in [0.25, 0.3) is 0 Å². The lowest BCUT2D eigenvalue weighted by Crippen LogP contribution is -2.35. The van der Waals surface area contributed by atoms with Crippen molar-refractivity contribution in [2.75, 3.05) is 0 Å². The van der Waals surface area contributed by atoms with Crippen molar-refractivity contribution >= 4 is 11.3 Å². The molecule has 1 unspecified atom stereocenters. The first-order valence-electron chi connectivity index (χ1n) is 5.19. The van der Waals surface area contributed by atoms with Crippen LogP contribution in [0.25, 0.3) is 11.5 Å². The van der Waals surface area contributed by atoms with Gasteiger partial charge in [-0.05, 0) is 25.7 Å². The Bertz CT molecular complexity index is 487. The number of rotatable bonds is 3. The molecule has 2 aromatic heterocycles. The highest BCUT2D eigenvalue weighted by atomic mass is 32.1. The van der Waals surface area contributed by atoms with E-state index in [-0.39, 0.29) is 0 Å². The van der Waals surface area contributed by atoms with E-state index in [0.29, 0.717) is 17.6 Å². The third-order valence-corrected chi connectivity index (χ3v) is 3.56. The van der Waals surface area contributed by atoms with Crippen molar-refractivity contribution in [2.45, 2.75) is 25.3 Å². The Hall–Kier alpha value is -1.27. The maximum Gasteiger partial charge on any atom is 0.247 e. The van der Waals surface area contributed by atoms with E-state index in [9.17, 15) is 0 Å². The lowest BCUT2D eigenvalue weighted by Gasteiger charge is -2.18. The highest BCUT2D eigenvalue weighted by molar-refractivity contribution is 7.07. The molecule has 0 saturated heterocycles. The van der Waals surface area contributed by atoms with Crippen LogP contribution in [0.2, 0.25) is 0 Å². The van der Waals surface area contributed by atoms with Gasteiger partial charge in [0.15, 0.2) is 0 Å². The van der Waals surface area contributed by atoms with E-state index in [0.717, 1.165) is 18.5 Å². The zero-order valence-corrected chi connectivity index (χ0v) is 9.70. The van der Waals surface area contributed by atoms with Gasteiger partial charge >= 0.3 is 0 Å². The zero-order valence-electron chi connectivity index (χ0n) is 8.88. The van der Waals surface area contributed by atoms with Gasteiger partial charge in [-0.1, -0.05) is 5.16 Å². The Labute approximate surface area is 96.7 Å². The summed E-state index contributed by atoms with van der Waals surface area (Å²) in [4.78, 5) is 8.46. The van der Waals surface area contributed by atoms with Gasteiger partial charge in [-0.15, -0.1) is 11.3 Å². The van der Waals surface area contributed by atoms with Gasteiger partial charge in [-0.25, -0.2) is 4.98 Å². The van der Waals surface area contributed by atoms with Crippen molar-refractivity contribution in [3.63, 3.8) is 0 Å². The summed E-state index contributed by atoms with van der Waals surface area (Å²) in [5.41, 5.74) is 8.18. The second kappa shape index (κ2) is 3.36. The Morgan fingerprint density at radius 3 is 3.00 bits per heavy atom. The molecule has 2 aromatic rings. The summed E-state index contributed by atoms with van der Waals surface area (Å²) in [6.45, 7) is 1.95. The SMILES string of the molecule is CC(N)(c1nc(-c2cscn2)no1)C1CC1. The molecule has 1 aliphatic rings. The summed E-state index contributed by atoms with van der Waals surface area (Å²) in [6.07, 6.45) is 2.28. The van der Waals surface area contributed by atoms with Crippen LogP contribution in [-0.2, 0) is 5.54 Å². The van der Waals surface area contributed by atoms with Gasteiger partial charge in [0.2, 0.25) is 11.7 Å². The molecule has 1 aliphatic carbocycles. The van der Waals surface area contributed by atoms with Crippen LogP contribution >= 0.6 is 11.3 Å². The second-order valence-corrected chi connectivity index (χ2v) is 5.07. The van der Waals surface area contributed by atoms with Gasteiger partial charge in [-0.3, -0.25) is 0 Å². The van der Waals surface area contributed by atoms with Crippen LogP contribution in [0.4, 0.5) is 0 Å². The van der Waals surface area contributed by atoms with E-state index in [2.05, 4.69) is 15.1 Å². The van der Waals surface area contributed by atoms with Crippen molar-refractivity contribution in [2.24, 2.45) is 11.7 Å². The Morgan fingerprint density at radius 2 is 2.38 bits per heavy atom. The molecule has 16 heavy (non-hydrogen) atoms. The fraction of sp³-hybridized carbons (Fsp3) is 0.500. The summed E-state index contributed by atoms with van der Waals surface area (Å²) in [5.74, 6) is 1.50. The monoisotopic (exact) mass is 236 g/mol. The van der Waals surface area contributed by atoms with Crippen LogP contribution in [0, 0.1) is 5.92 Å². The lowest BCUT2D eigenvalue weighted by molar-refractivity contribution is 0.273. The fourth-order valence-electron chi connectivity index (χ4n) is 1.73. The Morgan fingerprint density at radius 1 is 1.56 bits per heavy atom. The van der Waals surface area contributed by atoms with Crippen molar-refractivity contribution in [1.29, 1.82) is 0 Å². The summed E-state index contributed by atoms with van der Waals surface area (Å²) >= 11 is 1.51. The normalized spacial score (nSPS) is 19.6. The number of nitrogens with zero attached hydrogens (tertiary/aromatic N) is 3. The van der Waals surface area contributed by atoms with E-state index < -0.39 is 5.54 Å². The molecule has 0 aromatic carbocycles. The maximum atomic E-state index is 6.20. The Balaban J connectivity index is 1.93. The molecule has 0 aliphatic heterocycles. The molecule has 1 saturated carbocycles. The zero-order chi connectivity index (χ0) is 11.2. The molecule has 2 N–H and O–H groups in total. The largest absolute Gasteiger partial charge is 0.337 e. The number of thiazole rings is 1. The Kier molecular flexibility index (Phi) is 2.08. The highest BCUT2D eigenvalue weighted by Crippen LogP contribution is 2.43. The van der Waals surface area contributed by atoms with Crippen molar-refractivity contribution in [3.05, 3.63) is 16.8 Å². The van der Waals surface area contributed by atoms with Crippen LogP contribution < -0.4 is 5.73 Å². The van der Waals surface area contributed by atoms with Crippen LogP contribution in [0.15, 0.2) is 15.4 Å². The van der Waals surface area contributed by atoms with E-state index in [1.54, 1.807) is 5.51 Å². The average Bonchev–Trinajstić information content (AvgIpc) is 2.82. The summed E-state index contributed by atoms with van der Waals surface area (Å²) in [5, 5.41) is 5.80. The van der Waals surface area contributed by atoms with Gasteiger partial charge in [-0.2, -0.15) is 4.98 Å². The minimum Gasteiger partial charge on any atom is -0.337 e. The topological polar surface area (TPSA) is 77.8 Å². The standard InChI is InChI=1S/C10H12N4OS/c1-10(11,6-2-3-6)9-13-8(14-15-9)7-4-16-5-12-7/h4-6H,2-3,11H2,1H3. The van der Waals surface area contributed by atoms with E-state index >= 15 is 0 Å². The van der Waals surface area contributed by atoms with E-state index in [1.165, 1.54) is 11.3 Å². The number of hydrogen-bond donors (Lipinski definition) is 1. The maximum absolute atomic E-state index is 6.20. The number of hydrogen-bond acceptors (Lipinski definition) is 6. The quantitative estimate of drug-likeness (QED) is 0.878. The first-order chi connectivity index (χ1) is 7.68. The average molecular weight is 236 g/mol. The molecule has 0 bridgehead atoms. The lowest BCUT2D eigenvalue weighted by atomic mass is 9.97. The molecule has 0 spiro atoms.